The zero-order chi connectivity index (χ0) is 23.3. The molecule has 170 valence electrons. The van der Waals surface area contributed by atoms with E-state index in [0.717, 1.165) is 23.0 Å². The number of aliphatic hydroxyl groups excluding tert-OH is 1. The number of aromatic nitrogens is 3. The van der Waals surface area contributed by atoms with Crippen LogP contribution in [0.3, 0.4) is 0 Å². The second-order valence-corrected chi connectivity index (χ2v) is 8.07. The van der Waals surface area contributed by atoms with Crippen LogP contribution in [0.4, 0.5) is 0 Å². The largest absolute Gasteiger partial charge is 0.505 e. The molecule has 8 heteroatoms. The van der Waals surface area contributed by atoms with Crippen molar-refractivity contribution in [1.82, 2.24) is 15.0 Å². The highest BCUT2D eigenvalue weighted by molar-refractivity contribution is 5.85. The Labute approximate surface area is 187 Å². The van der Waals surface area contributed by atoms with Gasteiger partial charge in [0, 0.05) is 18.1 Å². The van der Waals surface area contributed by atoms with Gasteiger partial charge in [0.2, 0.25) is 0 Å². The van der Waals surface area contributed by atoms with Gasteiger partial charge >= 0.3 is 5.97 Å². The van der Waals surface area contributed by atoms with E-state index in [2.05, 4.69) is 31.0 Å². The van der Waals surface area contributed by atoms with Gasteiger partial charge in [-0.1, -0.05) is 32.9 Å². The predicted molar refractivity (Wildman–Crippen MR) is 121 cm³/mol. The first-order valence-electron chi connectivity index (χ1n) is 10.6. The summed E-state index contributed by atoms with van der Waals surface area (Å²) in [5.74, 6) is -0.513. The van der Waals surface area contributed by atoms with Crippen molar-refractivity contribution in [2.24, 2.45) is 0 Å². The first-order valence-corrected chi connectivity index (χ1v) is 10.6. The monoisotopic (exact) mass is 439 g/mol. The third-order valence-corrected chi connectivity index (χ3v) is 5.45. The van der Waals surface area contributed by atoms with Crippen LogP contribution in [-0.4, -0.2) is 44.4 Å². The number of phenols is 1. The lowest BCUT2D eigenvalue weighted by Crippen LogP contribution is -2.17. The van der Waals surface area contributed by atoms with E-state index in [9.17, 15) is 15.0 Å². The molecule has 0 aliphatic heterocycles. The molecule has 0 unspecified atom stereocenters. The molecule has 2 aromatic carbocycles. The van der Waals surface area contributed by atoms with Crippen molar-refractivity contribution >= 4 is 17.0 Å². The molecule has 0 amide bonds. The highest BCUT2D eigenvalue weighted by Gasteiger charge is 2.26. The van der Waals surface area contributed by atoms with Gasteiger partial charge in [-0.2, -0.15) is 0 Å². The zero-order valence-electron chi connectivity index (χ0n) is 18.8. The number of rotatable bonds is 9. The van der Waals surface area contributed by atoms with Crippen molar-refractivity contribution in [1.29, 1.82) is 0 Å². The van der Waals surface area contributed by atoms with Gasteiger partial charge in [-0.05, 0) is 43.0 Å². The number of carbonyl (C=O) groups excluding carboxylic acids is 1. The van der Waals surface area contributed by atoms with Gasteiger partial charge in [0.1, 0.15) is 28.2 Å². The SMILES string of the molecule is CC=C(O)C(=O)OCCCOc1cc(-n2nc3ccccc3n2)c(O)c(C(C)(C)CC)c1. The molecule has 0 spiro atoms. The maximum atomic E-state index is 11.5. The zero-order valence-corrected chi connectivity index (χ0v) is 18.8. The lowest BCUT2D eigenvalue weighted by Gasteiger charge is -2.26. The van der Waals surface area contributed by atoms with Gasteiger partial charge in [-0.25, -0.2) is 4.79 Å². The van der Waals surface area contributed by atoms with Gasteiger partial charge in [0.05, 0.1) is 13.2 Å². The molecule has 3 rings (SSSR count). The van der Waals surface area contributed by atoms with Crippen LogP contribution in [0.2, 0.25) is 0 Å². The lowest BCUT2D eigenvalue weighted by atomic mass is 9.81. The van der Waals surface area contributed by atoms with E-state index in [0.29, 0.717) is 17.9 Å². The second-order valence-electron chi connectivity index (χ2n) is 8.07. The summed E-state index contributed by atoms with van der Waals surface area (Å²) < 4.78 is 10.9. The number of allylic oxidation sites excluding steroid dienone is 1. The molecule has 0 saturated heterocycles. The third-order valence-electron chi connectivity index (χ3n) is 5.45. The van der Waals surface area contributed by atoms with E-state index < -0.39 is 11.7 Å². The lowest BCUT2D eigenvalue weighted by molar-refractivity contribution is -0.142. The molecule has 1 aromatic heterocycles. The molecule has 0 radical (unpaired) electrons. The molecule has 3 aromatic rings. The minimum atomic E-state index is -0.761. The summed E-state index contributed by atoms with van der Waals surface area (Å²) in [6.07, 6.45) is 2.53. The third kappa shape index (κ3) is 5.01. The highest BCUT2D eigenvalue weighted by atomic mass is 16.5. The molecule has 1 heterocycles. The van der Waals surface area contributed by atoms with E-state index in [4.69, 9.17) is 9.47 Å². The minimum Gasteiger partial charge on any atom is -0.505 e. The Morgan fingerprint density at radius 3 is 2.41 bits per heavy atom. The van der Waals surface area contributed by atoms with Crippen LogP contribution in [0.5, 0.6) is 11.5 Å². The summed E-state index contributed by atoms with van der Waals surface area (Å²) in [5, 5.41) is 29.4. The average molecular weight is 440 g/mol. The number of fused-ring (bicyclic) bond motifs is 1. The fourth-order valence-electron chi connectivity index (χ4n) is 3.11. The molecule has 0 aliphatic rings. The maximum absolute atomic E-state index is 11.5. The number of benzene rings is 2. The fourth-order valence-corrected chi connectivity index (χ4v) is 3.11. The summed E-state index contributed by atoms with van der Waals surface area (Å²) in [7, 11) is 0. The number of aromatic hydroxyl groups is 1. The predicted octanol–water partition coefficient (Wildman–Crippen LogP) is 4.59. The Kier molecular flexibility index (Phi) is 7.02. The van der Waals surface area contributed by atoms with Gasteiger partial charge in [-0.3, -0.25) is 0 Å². The average Bonchev–Trinajstić information content (AvgIpc) is 3.22. The molecule has 0 atom stereocenters. The van der Waals surface area contributed by atoms with Crippen LogP contribution in [0.1, 0.15) is 46.1 Å². The summed E-state index contributed by atoms with van der Waals surface area (Å²) in [6.45, 7) is 8.11. The van der Waals surface area contributed by atoms with E-state index in [-0.39, 0.29) is 24.4 Å². The fraction of sp³-hybridized carbons (Fsp3) is 0.375. The van der Waals surface area contributed by atoms with Crippen LogP contribution in [0, 0.1) is 0 Å². The topological polar surface area (TPSA) is 107 Å². The highest BCUT2D eigenvalue weighted by Crippen LogP contribution is 2.40. The van der Waals surface area contributed by atoms with Crippen LogP contribution in [0.25, 0.3) is 16.7 Å². The molecular formula is C24H29N3O5. The summed E-state index contributed by atoms with van der Waals surface area (Å²) >= 11 is 0. The Morgan fingerprint density at radius 1 is 1.16 bits per heavy atom. The van der Waals surface area contributed by atoms with Gasteiger partial charge in [-0.15, -0.1) is 15.0 Å². The van der Waals surface area contributed by atoms with E-state index in [1.807, 2.05) is 30.3 Å². The Balaban J connectivity index is 1.84. The molecule has 0 saturated carbocycles. The molecular weight excluding hydrogens is 410 g/mol. The minimum absolute atomic E-state index is 0.111. The van der Waals surface area contributed by atoms with Crippen LogP contribution in [-0.2, 0) is 14.9 Å². The number of nitrogens with zero attached hydrogens (tertiary/aromatic N) is 3. The summed E-state index contributed by atoms with van der Waals surface area (Å²) in [5.41, 5.74) is 2.31. The molecule has 8 nitrogen and oxygen atoms in total. The Bertz CT molecular complexity index is 1100. The van der Waals surface area contributed by atoms with Crippen LogP contribution in [0.15, 0.2) is 48.2 Å². The number of ether oxygens (including phenoxy) is 2. The standard InChI is InChI=1S/C24H29N3O5/c1-5-21(28)23(30)32-13-9-12-31-16-14-17(24(3,4)6-2)22(29)20(15-16)27-25-18-10-7-8-11-19(18)26-27/h5,7-8,10-11,14-15,28-29H,6,9,12-13H2,1-4H3. The molecule has 2 N–H and O–H groups in total. The number of phenolic OH excluding ortho intramolecular Hbond substituents is 1. The molecule has 0 bridgehead atoms. The first-order chi connectivity index (χ1) is 15.3. The molecule has 32 heavy (non-hydrogen) atoms. The first kappa shape index (κ1) is 23.1. The number of aliphatic hydroxyl groups is 1. The number of carbonyl (C=O) groups is 1. The van der Waals surface area contributed by atoms with Gasteiger partial charge in [0.15, 0.2) is 5.76 Å². The normalized spacial score (nSPS) is 12.2. The number of esters is 1. The van der Waals surface area contributed by atoms with Crippen LogP contribution >= 0.6 is 0 Å². The summed E-state index contributed by atoms with van der Waals surface area (Å²) in [4.78, 5) is 12.9. The van der Waals surface area contributed by atoms with Crippen molar-refractivity contribution in [3.8, 4) is 17.2 Å². The molecule has 0 fully saturated rings. The molecule has 0 aliphatic carbocycles. The van der Waals surface area contributed by atoms with E-state index in [1.165, 1.54) is 10.9 Å². The van der Waals surface area contributed by atoms with Crippen molar-refractivity contribution in [3.63, 3.8) is 0 Å². The Morgan fingerprint density at radius 2 is 1.81 bits per heavy atom. The number of hydrogen-bond acceptors (Lipinski definition) is 7. The second kappa shape index (κ2) is 9.72. The van der Waals surface area contributed by atoms with Crippen LogP contribution < -0.4 is 4.74 Å². The van der Waals surface area contributed by atoms with Gasteiger partial charge < -0.3 is 19.7 Å². The number of hydrogen-bond donors (Lipinski definition) is 2. The quantitative estimate of drug-likeness (QED) is 0.217. The summed E-state index contributed by atoms with van der Waals surface area (Å²) in [6, 6.07) is 11.0. The smallest absolute Gasteiger partial charge is 0.373 e. The van der Waals surface area contributed by atoms with Crippen molar-refractivity contribution in [2.45, 2.75) is 46.0 Å². The van der Waals surface area contributed by atoms with Gasteiger partial charge in [0.25, 0.3) is 0 Å². The van der Waals surface area contributed by atoms with Crippen molar-refractivity contribution in [3.05, 3.63) is 53.8 Å². The van der Waals surface area contributed by atoms with Crippen molar-refractivity contribution < 1.29 is 24.5 Å². The maximum Gasteiger partial charge on any atom is 0.373 e. The van der Waals surface area contributed by atoms with Crippen molar-refractivity contribution in [2.75, 3.05) is 13.2 Å². The Hall–Kier alpha value is -3.55. The van der Waals surface area contributed by atoms with E-state index >= 15 is 0 Å². The van der Waals surface area contributed by atoms with E-state index in [1.54, 1.807) is 13.0 Å².